The Labute approximate surface area is 227 Å². The molecular formula is C30H30FeO6. The Morgan fingerprint density at radius 3 is 1.08 bits per heavy atom. The van der Waals surface area contributed by atoms with Gasteiger partial charge < -0.3 is 15.3 Å². The van der Waals surface area contributed by atoms with E-state index in [0.29, 0.717) is 16.7 Å². The summed E-state index contributed by atoms with van der Waals surface area (Å²) in [6, 6.07) is 26.7. The molecule has 3 rings (SSSR count). The first-order valence-electron chi connectivity index (χ1n) is 11.0. The zero-order valence-corrected chi connectivity index (χ0v) is 21.9. The van der Waals surface area contributed by atoms with Crippen LogP contribution in [0.25, 0.3) is 11.5 Å². The summed E-state index contributed by atoms with van der Waals surface area (Å²) >= 11 is 0. The summed E-state index contributed by atoms with van der Waals surface area (Å²) in [5.41, 5.74) is 1.91. The van der Waals surface area contributed by atoms with Crippen molar-refractivity contribution >= 4 is 28.9 Å². The Morgan fingerprint density at radius 2 is 0.811 bits per heavy atom. The van der Waals surface area contributed by atoms with Gasteiger partial charge in [0.2, 0.25) is 0 Å². The quantitative estimate of drug-likeness (QED) is 0.139. The third kappa shape index (κ3) is 14.7. The normalized spacial score (nSPS) is 10.9. The van der Waals surface area contributed by atoms with Crippen LogP contribution in [0.1, 0.15) is 42.3 Å². The van der Waals surface area contributed by atoms with Crippen LogP contribution in [0.4, 0.5) is 0 Å². The number of allylic oxidation sites excluding steroid dienone is 4. The largest absolute Gasteiger partial charge is 0.512 e. The molecule has 0 saturated carbocycles. The fraction of sp³-hybridized carbons (Fsp3) is 0.100. The monoisotopic (exact) mass is 542 g/mol. The predicted molar refractivity (Wildman–Crippen MR) is 143 cm³/mol. The molecule has 6 nitrogen and oxygen atoms in total. The number of benzene rings is 3. The van der Waals surface area contributed by atoms with E-state index in [2.05, 4.69) is 0 Å². The molecule has 0 bridgehead atoms. The van der Waals surface area contributed by atoms with E-state index in [1.54, 1.807) is 72.8 Å². The van der Waals surface area contributed by atoms with Crippen LogP contribution in [-0.2, 0) is 26.7 Å². The minimum absolute atomic E-state index is 0. The Bertz CT molecular complexity index is 1150. The molecule has 7 heteroatoms. The number of carbonyl (C=O) groups excluding carboxylic acids is 3. The van der Waals surface area contributed by atoms with Gasteiger partial charge in [0, 0.05) is 52.0 Å². The number of rotatable bonds is 6. The Morgan fingerprint density at radius 1 is 0.514 bits per heavy atom. The van der Waals surface area contributed by atoms with Crippen molar-refractivity contribution in [2.45, 2.75) is 20.8 Å². The summed E-state index contributed by atoms with van der Waals surface area (Å²) in [6.07, 6.45) is 3.61. The molecule has 3 N–H and O–H groups in total. The van der Waals surface area contributed by atoms with Crippen LogP contribution in [0.3, 0.4) is 0 Å². The summed E-state index contributed by atoms with van der Waals surface area (Å²) in [5, 5.41) is 27.5. The smallest absolute Gasteiger partial charge is 0.189 e. The van der Waals surface area contributed by atoms with Crippen LogP contribution in [0.5, 0.6) is 0 Å². The molecule has 0 fully saturated rings. The first kappa shape index (κ1) is 32.8. The zero-order valence-electron chi connectivity index (χ0n) is 20.8. The van der Waals surface area contributed by atoms with Gasteiger partial charge in [0.25, 0.3) is 0 Å². The van der Waals surface area contributed by atoms with E-state index >= 15 is 0 Å². The van der Waals surface area contributed by atoms with Gasteiger partial charge in [-0.2, -0.15) is 0 Å². The third-order valence-corrected chi connectivity index (χ3v) is 4.22. The summed E-state index contributed by atoms with van der Waals surface area (Å²) in [4.78, 5) is 32.4. The van der Waals surface area contributed by atoms with Crippen molar-refractivity contribution in [3.05, 3.63) is 132 Å². The average Bonchev–Trinajstić information content (AvgIpc) is 2.85. The number of ketones is 3. The molecule has 194 valence electrons. The van der Waals surface area contributed by atoms with Gasteiger partial charge in [-0.25, -0.2) is 0 Å². The van der Waals surface area contributed by atoms with E-state index in [1.807, 2.05) is 18.2 Å². The summed E-state index contributed by atoms with van der Waals surface area (Å²) in [6.45, 7) is 4.28. The van der Waals surface area contributed by atoms with Gasteiger partial charge in [-0.05, 0) is 20.8 Å². The number of aliphatic hydroxyl groups excluding tert-OH is 3. The first-order valence-corrected chi connectivity index (χ1v) is 11.0. The standard InChI is InChI=1S/3C10H10O2.Fe/c3*1-8(11)7-10(12)9-5-3-2-4-6-9;/h2*2-7,12H,1H3;2-7,11H,1H3;/b2*10-7-;8-7-;. The Balaban J connectivity index is 0.000000518. The van der Waals surface area contributed by atoms with Crippen molar-refractivity contribution in [2.24, 2.45) is 0 Å². The molecule has 0 heterocycles. The molecule has 0 aromatic heterocycles. The van der Waals surface area contributed by atoms with Crippen LogP contribution >= 0.6 is 0 Å². The Kier molecular flexibility index (Phi) is 16.1. The van der Waals surface area contributed by atoms with Crippen LogP contribution in [-0.4, -0.2) is 32.7 Å². The minimum Gasteiger partial charge on any atom is -0.512 e. The molecule has 0 aliphatic carbocycles. The first-order chi connectivity index (χ1) is 17.1. The summed E-state index contributed by atoms with van der Waals surface area (Å²) in [7, 11) is 0. The average molecular weight is 542 g/mol. The van der Waals surface area contributed by atoms with Crippen LogP contribution in [0, 0.1) is 0 Å². The second-order valence-electron chi connectivity index (χ2n) is 7.53. The van der Waals surface area contributed by atoms with Crippen LogP contribution in [0.15, 0.2) is 115 Å². The van der Waals surface area contributed by atoms with E-state index in [0.717, 1.165) is 0 Å². The zero-order chi connectivity index (χ0) is 26.9. The van der Waals surface area contributed by atoms with Gasteiger partial charge in [0.15, 0.2) is 17.3 Å². The maximum Gasteiger partial charge on any atom is 0.189 e. The van der Waals surface area contributed by atoms with Gasteiger partial charge in [-0.15, -0.1) is 0 Å². The van der Waals surface area contributed by atoms with E-state index in [-0.39, 0.29) is 51.7 Å². The number of carbonyl (C=O) groups is 3. The van der Waals surface area contributed by atoms with Crippen molar-refractivity contribution in [1.29, 1.82) is 0 Å². The van der Waals surface area contributed by atoms with Crippen molar-refractivity contribution in [3.63, 3.8) is 0 Å². The molecule has 0 spiro atoms. The molecule has 0 saturated heterocycles. The maximum absolute atomic E-state index is 11.2. The molecule has 0 radical (unpaired) electrons. The summed E-state index contributed by atoms with van der Waals surface area (Å²) < 4.78 is 0. The fourth-order valence-corrected chi connectivity index (χ4v) is 2.65. The van der Waals surface area contributed by atoms with Crippen molar-refractivity contribution in [1.82, 2.24) is 0 Å². The SMILES string of the molecule is C/C(O)=C/C(=O)c1ccccc1.CC(=O)/C=C(\O)c1ccccc1.CC(=O)/C=C(\O)c1ccccc1.[Fe]. The molecule has 3 aromatic carbocycles. The topological polar surface area (TPSA) is 112 Å². The molecule has 0 atom stereocenters. The van der Waals surface area contributed by atoms with Gasteiger partial charge in [-0.1, -0.05) is 91.0 Å². The Hall–Kier alpha value is -4.19. The van der Waals surface area contributed by atoms with Crippen LogP contribution in [0.2, 0.25) is 0 Å². The van der Waals surface area contributed by atoms with Crippen molar-refractivity contribution < 1.29 is 46.8 Å². The molecule has 37 heavy (non-hydrogen) atoms. The van der Waals surface area contributed by atoms with Gasteiger partial charge in [-0.3, -0.25) is 14.4 Å². The molecule has 0 amide bonds. The molecule has 0 aliphatic rings. The summed E-state index contributed by atoms with van der Waals surface area (Å²) in [5.74, 6) is -0.418. The molecule has 0 aliphatic heterocycles. The van der Waals surface area contributed by atoms with Crippen molar-refractivity contribution in [3.8, 4) is 0 Å². The van der Waals surface area contributed by atoms with Gasteiger partial charge in [0.05, 0.1) is 5.76 Å². The molecular weight excluding hydrogens is 512 g/mol. The number of hydrogen-bond donors (Lipinski definition) is 3. The third-order valence-electron chi connectivity index (χ3n) is 4.22. The van der Waals surface area contributed by atoms with Gasteiger partial charge >= 0.3 is 0 Å². The van der Waals surface area contributed by atoms with E-state index in [9.17, 15) is 24.6 Å². The van der Waals surface area contributed by atoms with E-state index < -0.39 is 0 Å². The maximum atomic E-state index is 11.2. The van der Waals surface area contributed by atoms with E-state index in [4.69, 9.17) is 5.11 Å². The predicted octanol–water partition coefficient (Wildman–Crippen LogP) is 6.68. The minimum atomic E-state index is -0.171. The molecule has 0 unspecified atom stereocenters. The van der Waals surface area contributed by atoms with Crippen molar-refractivity contribution in [2.75, 3.05) is 0 Å². The van der Waals surface area contributed by atoms with E-state index in [1.165, 1.54) is 39.0 Å². The molecule has 3 aromatic rings. The fourth-order valence-electron chi connectivity index (χ4n) is 2.65. The number of hydrogen-bond acceptors (Lipinski definition) is 6. The van der Waals surface area contributed by atoms with Gasteiger partial charge in [0.1, 0.15) is 11.5 Å². The van der Waals surface area contributed by atoms with Crippen LogP contribution < -0.4 is 0 Å². The second-order valence-corrected chi connectivity index (χ2v) is 7.53. The number of aliphatic hydroxyl groups is 3. The second kappa shape index (κ2) is 18.1.